The van der Waals surface area contributed by atoms with Crippen LogP contribution >= 0.6 is 0 Å². The van der Waals surface area contributed by atoms with E-state index in [4.69, 9.17) is 4.74 Å². The number of hydrogen-bond acceptors (Lipinski definition) is 2. The molecule has 2 nitrogen and oxygen atoms in total. The number of hydrogen-bond donors (Lipinski definition) is 0. The topological polar surface area (TPSA) is 22.1 Å². The van der Waals surface area contributed by atoms with E-state index in [2.05, 4.69) is 24.1 Å². The van der Waals surface area contributed by atoms with Gasteiger partial charge in [-0.3, -0.25) is 0 Å². The van der Waals surface area contributed by atoms with E-state index in [9.17, 15) is 0 Å². The van der Waals surface area contributed by atoms with Crippen molar-refractivity contribution in [1.82, 2.24) is 4.98 Å². The molecule has 0 bridgehead atoms. The lowest BCUT2D eigenvalue weighted by atomic mass is 10.5. The van der Waals surface area contributed by atoms with Crippen LogP contribution in [0.4, 0.5) is 0 Å². The first kappa shape index (κ1) is 9.26. The highest BCUT2D eigenvalue weighted by molar-refractivity contribution is 6.70. The standard InChI is InChI=1S/C9H15NOSi/c1-4-11-9-6-5-8(7-10-9)12(2)3/h5-7,12H,4H2,1-3H3. The summed E-state index contributed by atoms with van der Waals surface area (Å²) in [5.74, 6) is 0.732. The molecule has 3 heteroatoms. The third-order valence-corrected chi connectivity index (χ3v) is 3.39. The van der Waals surface area contributed by atoms with E-state index < -0.39 is 8.80 Å². The Morgan fingerprint density at radius 2 is 2.17 bits per heavy atom. The molecule has 1 aromatic heterocycles. The molecule has 12 heavy (non-hydrogen) atoms. The van der Waals surface area contributed by atoms with Crippen LogP contribution < -0.4 is 9.92 Å². The second-order valence-corrected chi connectivity index (χ2v) is 5.99. The fourth-order valence-corrected chi connectivity index (χ4v) is 1.82. The Bertz CT molecular complexity index is 233. The van der Waals surface area contributed by atoms with Gasteiger partial charge in [0.15, 0.2) is 0 Å². The van der Waals surface area contributed by atoms with Gasteiger partial charge in [0.05, 0.1) is 15.4 Å². The van der Waals surface area contributed by atoms with Gasteiger partial charge in [0.2, 0.25) is 5.88 Å². The normalized spacial score (nSPS) is 10.3. The molecule has 0 saturated heterocycles. The maximum Gasteiger partial charge on any atom is 0.213 e. The molecule has 0 spiro atoms. The fraction of sp³-hybridized carbons (Fsp3) is 0.444. The van der Waals surface area contributed by atoms with Crippen molar-refractivity contribution in [1.29, 1.82) is 0 Å². The fourth-order valence-electron chi connectivity index (χ4n) is 0.967. The highest BCUT2D eigenvalue weighted by Gasteiger charge is 2.00. The molecular weight excluding hydrogens is 166 g/mol. The van der Waals surface area contributed by atoms with E-state index in [0.717, 1.165) is 5.88 Å². The predicted molar refractivity (Wildman–Crippen MR) is 53.9 cm³/mol. The Kier molecular flexibility index (Phi) is 3.28. The van der Waals surface area contributed by atoms with E-state index in [-0.39, 0.29) is 0 Å². The molecule has 1 rings (SSSR count). The van der Waals surface area contributed by atoms with Crippen LogP contribution in [0.15, 0.2) is 18.3 Å². The molecule has 0 aromatic carbocycles. The lowest BCUT2D eigenvalue weighted by Crippen LogP contribution is -2.22. The summed E-state index contributed by atoms with van der Waals surface area (Å²) >= 11 is 0. The first-order chi connectivity index (χ1) is 5.74. The molecule has 0 saturated carbocycles. The van der Waals surface area contributed by atoms with Crippen LogP contribution in [0.5, 0.6) is 5.88 Å². The molecule has 0 aliphatic carbocycles. The molecule has 1 heterocycles. The average molecular weight is 181 g/mol. The summed E-state index contributed by atoms with van der Waals surface area (Å²) in [6.07, 6.45) is 1.93. The van der Waals surface area contributed by atoms with Crippen molar-refractivity contribution in [3.63, 3.8) is 0 Å². The minimum atomic E-state index is -0.687. The number of aromatic nitrogens is 1. The van der Waals surface area contributed by atoms with Gasteiger partial charge in [-0.05, 0) is 12.1 Å². The summed E-state index contributed by atoms with van der Waals surface area (Å²) in [4.78, 5) is 4.20. The molecular formula is C9H15NOSi. The molecule has 0 amide bonds. The minimum Gasteiger partial charge on any atom is -0.478 e. The first-order valence-electron chi connectivity index (χ1n) is 4.32. The van der Waals surface area contributed by atoms with Crippen LogP contribution in [-0.4, -0.2) is 20.4 Å². The van der Waals surface area contributed by atoms with Gasteiger partial charge in [0.1, 0.15) is 0 Å². The van der Waals surface area contributed by atoms with E-state index in [1.54, 1.807) is 0 Å². The van der Waals surface area contributed by atoms with Gasteiger partial charge in [-0.2, -0.15) is 0 Å². The summed E-state index contributed by atoms with van der Waals surface area (Å²) in [6.45, 7) is 7.23. The molecule has 66 valence electrons. The summed E-state index contributed by atoms with van der Waals surface area (Å²) < 4.78 is 5.24. The van der Waals surface area contributed by atoms with Crippen molar-refractivity contribution in [3.05, 3.63) is 18.3 Å². The highest BCUT2D eigenvalue weighted by atomic mass is 28.3. The van der Waals surface area contributed by atoms with Crippen LogP contribution in [0.1, 0.15) is 6.92 Å². The molecule has 0 aliphatic rings. The number of ether oxygens (including phenoxy) is 1. The number of rotatable bonds is 3. The maximum atomic E-state index is 5.24. The van der Waals surface area contributed by atoms with Gasteiger partial charge in [-0.25, -0.2) is 4.98 Å². The largest absolute Gasteiger partial charge is 0.478 e. The Balaban J connectivity index is 2.71. The third-order valence-electron chi connectivity index (χ3n) is 1.72. The molecule has 0 radical (unpaired) electrons. The van der Waals surface area contributed by atoms with Crippen molar-refractivity contribution in [2.24, 2.45) is 0 Å². The predicted octanol–water partition coefficient (Wildman–Crippen LogP) is 1.17. The van der Waals surface area contributed by atoms with Crippen molar-refractivity contribution >= 4 is 14.0 Å². The summed E-state index contributed by atoms with van der Waals surface area (Å²) in [5, 5.41) is 1.39. The second kappa shape index (κ2) is 4.26. The molecule has 1 aromatic rings. The molecule has 0 unspecified atom stereocenters. The van der Waals surface area contributed by atoms with Crippen molar-refractivity contribution in [2.45, 2.75) is 20.0 Å². The van der Waals surface area contributed by atoms with Gasteiger partial charge in [-0.15, -0.1) is 0 Å². The Morgan fingerprint density at radius 1 is 1.42 bits per heavy atom. The van der Waals surface area contributed by atoms with Gasteiger partial charge in [0.25, 0.3) is 0 Å². The number of nitrogens with zero attached hydrogens (tertiary/aromatic N) is 1. The zero-order valence-corrected chi connectivity index (χ0v) is 9.03. The smallest absolute Gasteiger partial charge is 0.213 e. The quantitative estimate of drug-likeness (QED) is 0.653. The minimum absolute atomic E-state index is 0.686. The van der Waals surface area contributed by atoms with Gasteiger partial charge >= 0.3 is 0 Å². The molecule has 0 fully saturated rings. The van der Waals surface area contributed by atoms with Crippen molar-refractivity contribution < 1.29 is 4.74 Å². The van der Waals surface area contributed by atoms with Crippen LogP contribution in [0, 0.1) is 0 Å². The number of pyridine rings is 1. The Labute approximate surface area is 75.2 Å². The van der Waals surface area contributed by atoms with E-state index in [0.29, 0.717) is 6.61 Å². The molecule has 0 aliphatic heterocycles. The SMILES string of the molecule is CCOc1ccc([SiH](C)C)cn1. The Hall–Kier alpha value is -0.833. The van der Waals surface area contributed by atoms with E-state index >= 15 is 0 Å². The Morgan fingerprint density at radius 3 is 2.58 bits per heavy atom. The van der Waals surface area contributed by atoms with Crippen LogP contribution in [0.25, 0.3) is 0 Å². The van der Waals surface area contributed by atoms with Crippen LogP contribution in [0.2, 0.25) is 13.1 Å². The van der Waals surface area contributed by atoms with Crippen LogP contribution in [-0.2, 0) is 0 Å². The molecule has 0 N–H and O–H groups in total. The summed E-state index contributed by atoms with van der Waals surface area (Å²) in [5.41, 5.74) is 0. The summed E-state index contributed by atoms with van der Waals surface area (Å²) in [7, 11) is -0.687. The first-order valence-corrected chi connectivity index (χ1v) is 7.21. The zero-order valence-electron chi connectivity index (χ0n) is 7.87. The zero-order chi connectivity index (χ0) is 8.97. The lowest BCUT2D eigenvalue weighted by Gasteiger charge is -2.04. The van der Waals surface area contributed by atoms with Gasteiger partial charge < -0.3 is 4.74 Å². The van der Waals surface area contributed by atoms with Gasteiger partial charge in [-0.1, -0.05) is 19.2 Å². The van der Waals surface area contributed by atoms with Crippen LogP contribution in [0.3, 0.4) is 0 Å². The summed E-state index contributed by atoms with van der Waals surface area (Å²) in [6, 6.07) is 4.07. The monoisotopic (exact) mass is 181 g/mol. The highest BCUT2D eigenvalue weighted by Crippen LogP contribution is 2.02. The van der Waals surface area contributed by atoms with Gasteiger partial charge in [0, 0.05) is 12.3 Å². The average Bonchev–Trinajstić information content (AvgIpc) is 2.06. The van der Waals surface area contributed by atoms with Crippen molar-refractivity contribution in [3.8, 4) is 5.88 Å². The third kappa shape index (κ3) is 2.34. The van der Waals surface area contributed by atoms with Crippen molar-refractivity contribution in [2.75, 3.05) is 6.61 Å². The van der Waals surface area contributed by atoms with E-state index in [1.165, 1.54) is 5.19 Å². The maximum absolute atomic E-state index is 5.24. The molecule has 0 atom stereocenters. The van der Waals surface area contributed by atoms with E-state index in [1.807, 2.05) is 19.2 Å². The second-order valence-electron chi connectivity index (χ2n) is 3.02. The lowest BCUT2D eigenvalue weighted by molar-refractivity contribution is 0.327.